The van der Waals surface area contributed by atoms with E-state index < -0.39 is 11.9 Å². The number of hydrogen-bond acceptors (Lipinski definition) is 5. The minimum absolute atomic E-state index is 0.256. The molecular formula is C16H21N3O3S. The quantitative estimate of drug-likeness (QED) is 0.827. The van der Waals surface area contributed by atoms with Crippen LogP contribution >= 0.6 is 11.3 Å². The lowest BCUT2D eigenvalue weighted by molar-refractivity contribution is -0.134. The number of nitrogens with zero attached hydrogens (tertiary/aromatic N) is 1. The van der Waals surface area contributed by atoms with Crippen molar-refractivity contribution in [3.63, 3.8) is 0 Å². The summed E-state index contributed by atoms with van der Waals surface area (Å²) in [4.78, 5) is 40.5. The predicted molar refractivity (Wildman–Crippen MR) is 86.3 cm³/mol. The largest absolute Gasteiger partial charge is 0.339 e. The van der Waals surface area contributed by atoms with Gasteiger partial charge in [0.2, 0.25) is 11.8 Å². The lowest BCUT2D eigenvalue weighted by Gasteiger charge is -2.21. The lowest BCUT2D eigenvalue weighted by atomic mass is 9.90. The van der Waals surface area contributed by atoms with Crippen molar-refractivity contribution in [1.82, 2.24) is 15.6 Å². The highest BCUT2D eigenvalue weighted by atomic mass is 32.1. The Morgan fingerprint density at radius 2 is 1.96 bits per heavy atom. The monoisotopic (exact) mass is 335 g/mol. The van der Waals surface area contributed by atoms with E-state index in [4.69, 9.17) is 0 Å². The van der Waals surface area contributed by atoms with Crippen LogP contribution in [0.1, 0.15) is 71.2 Å². The molecule has 2 aliphatic rings. The third-order valence-corrected chi connectivity index (χ3v) is 5.84. The van der Waals surface area contributed by atoms with Crippen LogP contribution in [-0.2, 0) is 9.59 Å². The Labute approximate surface area is 139 Å². The molecule has 1 aromatic rings. The van der Waals surface area contributed by atoms with Crippen molar-refractivity contribution in [2.75, 3.05) is 0 Å². The van der Waals surface area contributed by atoms with Gasteiger partial charge in [-0.15, -0.1) is 11.3 Å². The fourth-order valence-corrected chi connectivity index (χ4v) is 4.35. The zero-order valence-corrected chi connectivity index (χ0v) is 14.0. The molecular weight excluding hydrogens is 314 g/mol. The maximum atomic E-state index is 12.5. The molecule has 1 saturated heterocycles. The average Bonchev–Trinajstić information content (AvgIpc) is 2.93. The van der Waals surface area contributed by atoms with Gasteiger partial charge < -0.3 is 5.32 Å². The van der Waals surface area contributed by atoms with Crippen LogP contribution in [0.4, 0.5) is 0 Å². The first kappa shape index (κ1) is 16.1. The van der Waals surface area contributed by atoms with Gasteiger partial charge in [-0.1, -0.05) is 19.3 Å². The molecule has 0 aromatic carbocycles. The first-order chi connectivity index (χ1) is 11.0. The van der Waals surface area contributed by atoms with Crippen molar-refractivity contribution >= 4 is 29.1 Å². The highest BCUT2D eigenvalue weighted by Gasteiger charge is 2.30. The molecule has 3 amide bonds. The lowest BCUT2D eigenvalue weighted by Crippen LogP contribution is -2.52. The predicted octanol–water partition coefficient (Wildman–Crippen LogP) is 2.03. The van der Waals surface area contributed by atoms with Gasteiger partial charge in [-0.05, 0) is 26.2 Å². The Kier molecular flexibility index (Phi) is 4.75. The Balaban J connectivity index is 1.68. The normalized spacial score (nSPS) is 22.7. The highest BCUT2D eigenvalue weighted by molar-refractivity contribution is 7.13. The van der Waals surface area contributed by atoms with Crippen molar-refractivity contribution in [2.45, 2.75) is 63.8 Å². The summed E-state index contributed by atoms with van der Waals surface area (Å²) in [5.74, 6) is -0.514. The Hall–Kier alpha value is -1.76. The number of carbonyl (C=O) groups is 3. The number of hydrogen-bond donors (Lipinski definition) is 2. The summed E-state index contributed by atoms with van der Waals surface area (Å²) in [6.07, 6.45) is 6.61. The second-order valence-electron chi connectivity index (χ2n) is 6.28. The van der Waals surface area contributed by atoms with Gasteiger partial charge in [0.05, 0.1) is 10.7 Å². The smallest absolute Gasteiger partial charge is 0.263 e. The van der Waals surface area contributed by atoms with E-state index in [1.165, 1.54) is 30.6 Å². The van der Waals surface area contributed by atoms with E-state index in [-0.39, 0.29) is 18.2 Å². The standard InChI is InChI=1S/C16H21N3O3S/c1-9-13(23-16(17-9)10-5-3-2-4-6-10)15(22)18-11-7-8-12(20)19-14(11)21/h10-11H,2-8H2,1H3,(H,18,22)(H,19,20,21). The van der Waals surface area contributed by atoms with Gasteiger partial charge in [-0.25, -0.2) is 4.98 Å². The number of nitrogens with one attached hydrogen (secondary N) is 2. The van der Waals surface area contributed by atoms with E-state index in [1.807, 2.05) is 6.92 Å². The molecule has 0 bridgehead atoms. The molecule has 2 N–H and O–H groups in total. The number of imide groups is 1. The molecule has 23 heavy (non-hydrogen) atoms. The van der Waals surface area contributed by atoms with Crippen molar-refractivity contribution in [1.29, 1.82) is 0 Å². The van der Waals surface area contributed by atoms with Gasteiger partial charge in [-0.2, -0.15) is 0 Å². The Morgan fingerprint density at radius 3 is 2.65 bits per heavy atom. The number of amides is 3. The number of aryl methyl sites for hydroxylation is 1. The van der Waals surface area contributed by atoms with Gasteiger partial charge >= 0.3 is 0 Å². The average molecular weight is 335 g/mol. The van der Waals surface area contributed by atoms with E-state index >= 15 is 0 Å². The van der Waals surface area contributed by atoms with Crippen LogP contribution in [-0.4, -0.2) is 28.7 Å². The fourth-order valence-electron chi connectivity index (χ4n) is 3.21. The minimum atomic E-state index is -0.639. The van der Waals surface area contributed by atoms with Crippen molar-refractivity contribution in [3.8, 4) is 0 Å². The molecule has 1 aliphatic carbocycles. The number of aromatic nitrogens is 1. The molecule has 1 saturated carbocycles. The van der Waals surface area contributed by atoms with E-state index in [0.29, 0.717) is 17.2 Å². The van der Waals surface area contributed by atoms with Gasteiger partial charge in [0.1, 0.15) is 10.9 Å². The Morgan fingerprint density at radius 1 is 1.22 bits per heavy atom. The van der Waals surface area contributed by atoms with Crippen LogP contribution in [0, 0.1) is 6.92 Å². The molecule has 1 aromatic heterocycles. The summed E-state index contributed by atoms with van der Waals surface area (Å²) in [5, 5.41) is 6.02. The van der Waals surface area contributed by atoms with Gasteiger partial charge in [-0.3, -0.25) is 19.7 Å². The zero-order valence-electron chi connectivity index (χ0n) is 13.2. The number of carbonyl (C=O) groups excluding carboxylic acids is 3. The summed E-state index contributed by atoms with van der Waals surface area (Å²) in [6.45, 7) is 1.84. The first-order valence-corrected chi connectivity index (χ1v) is 8.98. The molecule has 0 radical (unpaired) electrons. The first-order valence-electron chi connectivity index (χ1n) is 8.16. The van der Waals surface area contributed by atoms with Crippen LogP contribution in [0.25, 0.3) is 0 Å². The van der Waals surface area contributed by atoms with Gasteiger partial charge in [0, 0.05) is 12.3 Å². The van der Waals surface area contributed by atoms with Gasteiger partial charge in [0.15, 0.2) is 0 Å². The molecule has 1 aliphatic heterocycles. The molecule has 1 atom stereocenters. The van der Waals surface area contributed by atoms with Crippen molar-refractivity contribution in [3.05, 3.63) is 15.6 Å². The third kappa shape index (κ3) is 3.60. The Bertz CT molecular complexity index is 635. The third-order valence-electron chi connectivity index (χ3n) is 4.52. The molecule has 1 unspecified atom stereocenters. The molecule has 2 fully saturated rings. The van der Waals surface area contributed by atoms with Crippen LogP contribution in [0.3, 0.4) is 0 Å². The summed E-state index contributed by atoms with van der Waals surface area (Å²) in [6, 6.07) is -0.639. The summed E-state index contributed by atoms with van der Waals surface area (Å²) in [7, 11) is 0. The van der Waals surface area contributed by atoms with E-state index in [1.54, 1.807) is 0 Å². The van der Waals surface area contributed by atoms with E-state index in [9.17, 15) is 14.4 Å². The van der Waals surface area contributed by atoms with Crippen LogP contribution in [0.15, 0.2) is 0 Å². The van der Waals surface area contributed by atoms with Crippen molar-refractivity contribution < 1.29 is 14.4 Å². The summed E-state index contributed by atoms with van der Waals surface area (Å²) >= 11 is 1.44. The fraction of sp³-hybridized carbons (Fsp3) is 0.625. The van der Waals surface area contributed by atoms with Crippen LogP contribution in [0.2, 0.25) is 0 Å². The van der Waals surface area contributed by atoms with E-state index in [0.717, 1.165) is 23.5 Å². The molecule has 6 nitrogen and oxygen atoms in total. The van der Waals surface area contributed by atoms with Crippen molar-refractivity contribution in [2.24, 2.45) is 0 Å². The SMILES string of the molecule is Cc1nc(C2CCCCC2)sc1C(=O)NC1CCC(=O)NC1=O. The number of rotatable bonds is 3. The van der Waals surface area contributed by atoms with Gasteiger partial charge in [0.25, 0.3) is 5.91 Å². The summed E-state index contributed by atoms with van der Waals surface area (Å²) < 4.78 is 0. The topological polar surface area (TPSA) is 88.2 Å². The van der Waals surface area contributed by atoms with Crippen LogP contribution < -0.4 is 10.6 Å². The maximum absolute atomic E-state index is 12.5. The zero-order chi connectivity index (χ0) is 16.4. The maximum Gasteiger partial charge on any atom is 0.263 e. The molecule has 124 valence electrons. The minimum Gasteiger partial charge on any atom is -0.339 e. The van der Waals surface area contributed by atoms with E-state index in [2.05, 4.69) is 15.6 Å². The molecule has 7 heteroatoms. The summed E-state index contributed by atoms with van der Waals surface area (Å²) in [5.41, 5.74) is 0.723. The molecule has 3 rings (SSSR count). The molecule has 0 spiro atoms. The molecule has 2 heterocycles. The highest BCUT2D eigenvalue weighted by Crippen LogP contribution is 2.35. The van der Waals surface area contributed by atoms with Crippen LogP contribution in [0.5, 0.6) is 0 Å². The second-order valence-corrected chi connectivity index (χ2v) is 7.31. The number of thiazole rings is 1. The number of piperidine rings is 1. The second kappa shape index (κ2) is 6.78.